The van der Waals surface area contributed by atoms with Crippen molar-refractivity contribution < 1.29 is 22.4 Å². The van der Waals surface area contributed by atoms with E-state index >= 15 is 0 Å². The lowest BCUT2D eigenvalue weighted by atomic mass is 9.90. The van der Waals surface area contributed by atoms with Crippen LogP contribution in [0.3, 0.4) is 0 Å². The van der Waals surface area contributed by atoms with Crippen LogP contribution in [0.25, 0.3) is 11.5 Å². The van der Waals surface area contributed by atoms with Crippen LogP contribution in [0, 0.1) is 0 Å². The van der Waals surface area contributed by atoms with Gasteiger partial charge in [0.2, 0.25) is 15.9 Å². The van der Waals surface area contributed by atoms with E-state index in [-0.39, 0.29) is 16.5 Å². The molecule has 0 bridgehead atoms. The number of benzene rings is 2. The fourth-order valence-electron chi connectivity index (χ4n) is 4.14. The maximum atomic E-state index is 12.7. The molecule has 1 amide bonds. The molecule has 1 aliphatic heterocycles. The number of sulfonamides is 1. The number of carbonyl (C=O) groups is 1. The van der Waals surface area contributed by atoms with E-state index in [0.29, 0.717) is 32.2 Å². The Bertz CT molecular complexity index is 1260. The first kappa shape index (κ1) is 21.7. The topological polar surface area (TPSA) is 115 Å². The molecule has 0 unspecified atom stereocenters. The van der Waals surface area contributed by atoms with Crippen molar-refractivity contribution in [1.29, 1.82) is 0 Å². The van der Waals surface area contributed by atoms with Gasteiger partial charge in [-0.3, -0.25) is 10.1 Å². The largest absolute Gasteiger partial charge is 0.403 e. The second-order valence-corrected chi connectivity index (χ2v) is 10.0. The molecule has 2 heterocycles. The fraction of sp³-hybridized carbons (Fsp3) is 0.348. The molecule has 3 aromatic rings. The summed E-state index contributed by atoms with van der Waals surface area (Å²) in [7, 11) is -3.62. The molecule has 0 atom stereocenters. The highest BCUT2D eigenvalue weighted by atomic mass is 32.2. The summed E-state index contributed by atoms with van der Waals surface area (Å²) in [5, 5.41) is 10.6. The average molecular weight is 469 g/mol. The second-order valence-electron chi connectivity index (χ2n) is 8.10. The summed E-state index contributed by atoms with van der Waals surface area (Å²) in [6.07, 6.45) is 4.52. The number of ether oxygens (including phenoxy) is 1. The summed E-state index contributed by atoms with van der Waals surface area (Å²) in [5.74, 6) is -0.128. The van der Waals surface area contributed by atoms with E-state index < -0.39 is 15.9 Å². The van der Waals surface area contributed by atoms with Crippen LogP contribution in [0.5, 0.6) is 0 Å². The second kappa shape index (κ2) is 9.05. The predicted octanol–water partition coefficient (Wildman–Crippen LogP) is 2.89. The number of hydrogen-bond donors (Lipinski definition) is 1. The molecule has 1 aromatic heterocycles. The number of fused-ring (bicyclic) bond motifs is 1. The number of anilines is 1. The Morgan fingerprint density at radius 3 is 2.42 bits per heavy atom. The zero-order valence-corrected chi connectivity index (χ0v) is 18.8. The summed E-state index contributed by atoms with van der Waals surface area (Å²) < 4.78 is 37.7. The summed E-state index contributed by atoms with van der Waals surface area (Å²) in [5.41, 5.74) is 3.76. The number of carbonyl (C=O) groups excluding carboxylic acids is 1. The van der Waals surface area contributed by atoms with Crippen LogP contribution in [0.4, 0.5) is 6.01 Å². The van der Waals surface area contributed by atoms with E-state index in [4.69, 9.17) is 9.15 Å². The van der Waals surface area contributed by atoms with Crippen molar-refractivity contribution >= 4 is 21.9 Å². The Balaban J connectivity index is 1.27. The monoisotopic (exact) mass is 468 g/mol. The third-order valence-electron chi connectivity index (χ3n) is 5.97. The van der Waals surface area contributed by atoms with Gasteiger partial charge < -0.3 is 9.15 Å². The molecular formula is C23H24N4O5S. The van der Waals surface area contributed by atoms with E-state index in [2.05, 4.69) is 27.6 Å². The highest BCUT2D eigenvalue weighted by molar-refractivity contribution is 7.89. The number of nitrogens with one attached hydrogen (secondary N) is 1. The number of aryl methyl sites for hydroxylation is 2. The minimum atomic E-state index is -3.62. The van der Waals surface area contributed by atoms with Gasteiger partial charge in [0, 0.05) is 24.2 Å². The van der Waals surface area contributed by atoms with E-state index in [1.54, 1.807) is 0 Å². The van der Waals surface area contributed by atoms with E-state index in [9.17, 15) is 13.2 Å². The Labute approximate surface area is 191 Å². The van der Waals surface area contributed by atoms with Crippen molar-refractivity contribution in [2.45, 2.75) is 30.6 Å². The first-order valence-corrected chi connectivity index (χ1v) is 12.4. The number of nitrogens with zero attached hydrogens (tertiary/aromatic N) is 3. The molecular weight excluding hydrogens is 444 g/mol. The Morgan fingerprint density at radius 1 is 0.939 bits per heavy atom. The summed E-state index contributed by atoms with van der Waals surface area (Å²) in [6.45, 7) is 1.37. The maximum absolute atomic E-state index is 12.7. The number of hydrogen-bond acceptors (Lipinski definition) is 7. The molecule has 172 valence electrons. The number of morpholine rings is 1. The van der Waals surface area contributed by atoms with Gasteiger partial charge in [-0.05, 0) is 73.2 Å². The third kappa shape index (κ3) is 4.54. The number of aromatic nitrogens is 2. The highest BCUT2D eigenvalue weighted by Gasteiger charge is 2.26. The van der Waals surface area contributed by atoms with Crippen LogP contribution in [-0.2, 0) is 27.6 Å². The van der Waals surface area contributed by atoms with Crippen molar-refractivity contribution in [3.05, 3.63) is 59.2 Å². The van der Waals surface area contributed by atoms with Gasteiger partial charge in [-0.1, -0.05) is 11.2 Å². The Kier molecular flexibility index (Phi) is 5.96. The molecule has 10 heteroatoms. The number of rotatable bonds is 5. The quantitative estimate of drug-likeness (QED) is 0.612. The lowest BCUT2D eigenvalue weighted by molar-refractivity contribution is 0.0730. The van der Waals surface area contributed by atoms with Crippen LogP contribution in [0.2, 0.25) is 0 Å². The van der Waals surface area contributed by atoms with Gasteiger partial charge in [0.1, 0.15) is 0 Å². The minimum Gasteiger partial charge on any atom is -0.403 e. The van der Waals surface area contributed by atoms with Gasteiger partial charge in [0.05, 0.1) is 18.1 Å². The smallest absolute Gasteiger partial charge is 0.322 e. The van der Waals surface area contributed by atoms with E-state index in [1.807, 2.05) is 6.07 Å². The lowest BCUT2D eigenvalue weighted by Crippen LogP contribution is -2.40. The summed E-state index contributed by atoms with van der Waals surface area (Å²) in [4.78, 5) is 12.7. The van der Waals surface area contributed by atoms with Crippen molar-refractivity contribution in [2.75, 3.05) is 31.6 Å². The summed E-state index contributed by atoms with van der Waals surface area (Å²) >= 11 is 0. The summed E-state index contributed by atoms with van der Waals surface area (Å²) in [6, 6.07) is 11.9. The van der Waals surface area contributed by atoms with Crippen LogP contribution in [-0.4, -0.2) is 55.1 Å². The van der Waals surface area contributed by atoms with Crippen molar-refractivity contribution in [2.24, 2.45) is 0 Å². The molecule has 33 heavy (non-hydrogen) atoms. The van der Waals surface area contributed by atoms with E-state index in [1.165, 1.54) is 52.5 Å². The van der Waals surface area contributed by atoms with Crippen LogP contribution in [0.15, 0.2) is 51.8 Å². The molecule has 0 spiro atoms. The fourth-order valence-corrected chi connectivity index (χ4v) is 5.55. The van der Waals surface area contributed by atoms with Crippen LogP contribution >= 0.6 is 0 Å². The molecule has 1 aliphatic carbocycles. The van der Waals surface area contributed by atoms with Gasteiger partial charge in [-0.15, -0.1) is 5.10 Å². The van der Waals surface area contributed by atoms with Crippen molar-refractivity contribution in [3.63, 3.8) is 0 Å². The third-order valence-corrected chi connectivity index (χ3v) is 7.88. The zero-order valence-electron chi connectivity index (χ0n) is 18.0. The van der Waals surface area contributed by atoms with E-state index in [0.717, 1.165) is 18.4 Å². The van der Waals surface area contributed by atoms with Crippen molar-refractivity contribution in [3.8, 4) is 11.5 Å². The van der Waals surface area contributed by atoms with Gasteiger partial charge in [0.15, 0.2) is 0 Å². The molecule has 0 radical (unpaired) electrons. The molecule has 1 saturated heterocycles. The zero-order chi connectivity index (χ0) is 22.8. The SMILES string of the molecule is O=C(Nc1nnc(-c2ccc3c(c2)CCCC3)o1)c1ccc(S(=O)(=O)N2CCOCC2)cc1. The Morgan fingerprint density at radius 2 is 1.67 bits per heavy atom. The van der Waals surface area contributed by atoms with Gasteiger partial charge in [-0.2, -0.15) is 4.31 Å². The maximum Gasteiger partial charge on any atom is 0.322 e. The predicted molar refractivity (Wildman–Crippen MR) is 120 cm³/mol. The minimum absolute atomic E-state index is 0.0160. The molecule has 5 rings (SSSR count). The van der Waals surface area contributed by atoms with Crippen LogP contribution < -0.4 is 5.32 Å². The van der Waals surface area contributed by atoms with Crippen molar-refractivity contribution in [1.82, 2.24) is 14.5 Å². The average Bonchev–Trinajstić information content (AvgIpc) is 3.33. The standard InChI is InChI=1S/C23H24N4O5S/c28-21(17-7-9-20(10-8-17)33(29,30)27-11-13-31-14-12-27)24-23-26-25-22(32-23)19-6-5-16-3-1-2-4-18(16)15-19/h5-10,15H,1-4,11-14H2,(H,24,26,28). The molecule has 0 saturated carbocycles. The number of amides is 1. The molecule has 2 aliphatic rings. The van der Waals surface area contributed by atoms with Gasteiger partial charge in [-0.25, -0.2) is 8.42 Å². The molecule has 1 fully saturated rings. The van der Waals surface area contributed by atoms with Crippen LogP contribution in [0.1, 0.15) is 34.3 Å². The highest BCUT2D eigenvalue weighted by Crippen LogP contribution is 2.27. The first-order chi connectivity index (χ1) is 16.0. The first-order valence-electron chi connectivity index (χ1n) is 11.0. The lowest BCUT2D eigenvalue weighted by Gasteiger charge is -2.26. The Hall–Kier alpha value is -3.08. The molecule has 1 N–H and O–H groups in total. The van der Waals surface area contributed by atoms with Gasteiger partial charge in [0.25, 0.3) is 5.91 Å². The van der Waals surface area contributed by atoms with Gasteiger partial charge >= 0.3 is 6.01 Å². The molecule has 2 aromatic carbocycles. The normalized spacial score (nSPS) is 16.8. The molecule has 9 nitrogen and oxygen atoms in total.